The lowest BCUT2D eigenvalue weighted by Gasteiger charge is -2.30. The zero-order valence-electron chi connectivity index (χ0n) is 15.1. The Hall–Kier alpha value is -2.00. The molecule has 0 radical (unpaired) electrons. The summed E-state index contributed by atoms with van der Waals surface area (Å²) >= 11 is 0. The topological polar surface area (TPSA) is 32.5 Å². The van der Waals surface area contributed by atoms with Gasteiger partial charge in [-0.2, -0.15) is 0 Å². The molecule has 2 N–H and O–H groups in total. The van der Waals surface area contributed by atoms with Gasteiger partial charge in [0.15, 0.2) is 0 Å². The fraction of sp³-hybridized carbons (Fsp3) is 0.455. The second-order valence-corrected chi connectivity index (χ2v) is 7.42. The van der Waals surface area contributed by atoms with Gasteiger partial charge in [-0.3, -0.25) is 0 Å². The number of benzene rings is 2. The fourth-order valence-electron chi connectivity index (χ4n) is 4.30. The van der Waals surface area contributed by atoms with Crippen LogP contribution < -0.4 is 10.6 Å². The molecule has 0 unspecified atom stereocenters. The molecule has 0 aromatic heterocycles. The molecule has 1 fully saturated rings. The van der Waals surface area contributed by atoms with Gasteiger partial charge >= 0.3 is 0 Å². The van der Waals surface area contributed by atoms with Crippen molar-refractivity contribution in [3.63, 3.8) is 0 Å². The Morgan fingerprint density at radius 3 is 2.40 bits per heavy atom. The van der Waals surface area contributed by atoms with Crippen molar-refractivity contribution < 1.29 is 0 Å². The summed E-state index contributed by atoms with van der Waals surface area (Å²) in [4.78, 5) is 5.14. The van der Waals surface area contributed by atoms with Crippen molar-refractivity contribution in [2.24, 2.45) is 0 Å². The van der Waals surface area contributed by atoms with Crippen molar-refractivity contribution >= 4 is 17.1 Å². The van der Waals surface area contributed by atoms with Gasteiger partial charge in [0.05, 0.1) is 0 Å². The number of rotatable bonds is 4. The van der Waals surface area contributed by atoms with E-state index in [1.165, 1.54) is 67.8 Å². The maximum absolute atomic E-state index is 6.13. The molecule has 0 spiro atoms. The Kier molecular flexibility index (Phi) is 4.93. The summed E-state index contributed by atoms with van der Waals surface area (Å²) in [6, 6.07) is 15.3. The Morgan fingerprint density at radius 2 is 1.56 bits per heavy atom. The van der Waals surface area contributed by atoms with Crippen LogP contribution in [0.1, 0.15) is 36.8 Å². The predicted octanol–water partition coefficient (Wildman–Crippen LogP) is 4.38. The van der Waals surface area contributed by atoms with E-state index in [2.05, 4.69) is 46.2 Å². The zero-order chi connectivity index (χ0) is 17.1. The van der Waals surface area contributed by atoms with Crippen molar-refractivity contribution in [2.45, 2.75) is 38.5 Å². The highest BCUT2D eigenvalue weighted by atomic mass is 15.2. The smallest absolute Gasteiger partial charge is 0.0464 e. The van der Waals surface area contributed by atoms with Gasteiger partial charge in [-0.15, -0.1) is 0 Å². The number of fused-ring (bicyclic) bond motifs is 2. The second-order valence-electron chi connectivity index (χ2n) is 7.42. The summed E-state index contributed by atoms with van der Waals surface area (Å²) in [6.45, 7) is 4.82. The van der Waals surface area contributed by atoms with Gasteiger partial charge in [-0.05, 0) is 81.1 Å². The fourth-order valence-corrected chi connectivity index (χ4v) is 4.30. The van der Waals surface area contributed by atoms with Crippen molar-refractivity contribution in [2.75, 3.05) is 36.8 Å². The van der Waals surface area contributed by atoms with E-state index in [9.17, 15) is 0 Å². The first-order valence-corrected chi connectivity index (χ1v) is 9.77. The van der Waals surface area contributed by atoms with Crippen LogP contribution in [0.4, 0.5) is 17.1 Å². The number of para-hydroxylation sites is 1. The van der Waals surface area contributed by atoms with Crippen LogP contribution in [0.2, 0.25) is 0 Å². The highest BCUT2D eigenvalue weighted by Crippen LogP contribution is 2.37. The average Bonchev–Trinajstić information content (AvgIpc) is 2.80. The number of aryl methyl sites for hydroxylation is 2. The van der Waals surface area contributed by atoms with E-state index in [1.807, 2.05) is 6.07 Å². The van der Waals surface area contributed by atoms with Crippen LogP contribution in [-0.4, -0.2) is 31.1 Å². The number of nitrogens with zero attached hydrogens (tertiary/aromatic N) is 2. The highest BCUT2D eigenvalue weighted by molar-refractivity contribution is 5.73. The van der Waals surface area contributed by atoms with Crippen molar-refractivity contribution in [1.82, 2.24) is 4.90 Å². The number of piperidine rings is 1. The standard InChI is InChI=1S/C22H29N3/c23-20-12-11-19-10-9-18-7-2-3-8-21(18)25(22(19)17-20)16-6-15-24-13-4-1-5-14-24/h2-3,7-8,11-12,17H,1,4-6,9-10,13-16,23H2. The third-order valence-electron chi connectivity index (χ3n) is 5.65. The Morgan fingerprint density at radius 1 is 0.800 bits per heavy atom. The summed E-state index contributed by atoms with van der Waals surface area (Å²) in [7, 11) is 0. The first-order valence-electron chi connectivity index (χ1n) is 9.77. The van der Waals surface area contributed by atoms with Gasteiger partial charge in [0, 0.05) is 23.6 Å². The van der Waals surface area contributed by atoms with Gasteiger partial charge in [-0.25, -0.2) is 0 Å². The van der Waals surface area contributed by atoms with E-state index in [4.69, 9.17) is 5.73 Å². The summed E-state index contributed by atoms with van der Waals surface area (Å²) in [5.41, 5.74) is 12.5. The Bertz CT molecular complexity index is 719. The molecule has 132 valence electrons. The van der Waals surface area contributed by atoms with Crippen LogP contribution in [0.25, 0.3) is 0 Å². The van der Waals surface area contributed by atoms with E-state index in [0.29, 0.717) is 0 Å². The lowest BCUT2D eigenvalue weighted by molar-refractivity contribution is 0.227. The summed E-state index contributed by atoms with van der Waals surface area (Å²) in [6.07, 6.45) is 7.54. The molecule has 0 aliphatic carbocycles. The monoisotopic (exact) mass is 335 g/mol. The quantitative estimate of drug-likeness (QED) is 0.842. The molecule has 0 atom stereocenters. The van der Waals surface area contributed by atoms with Gasteiger partial charge in [0.1, 0.15) is 0 Å². The summed E-state index contributed by atoms with van der Waals surface area (Å²) in [5.74, 6) is 0. The van der Waals surface area contributed by atoms with E-state index in [1.54, 1.807) is 0 Å². The lowest BCUT2D eigenvalue weighted by atomic mass is 10.0. The van der Waals surface area contributed by atoms with E-state index < -0.39 is 0 Å². The second kappa shape index (κ2) is 7.49. The highest BCUT2D eigenvalue weighted by Gasteiger charge is 2.20. The van der Waals surface area contributed by atoms with Gasteiger partial charge in [0.2, 0.25) is 0 Å². The number of hydrogen-bond donors (Lipinski definition) is 1. The van der Waals surface area contributed by atoms with Crippen molar-refractivity contribution in [3.05, 3.63) is 53.6 Å². The maximum atomic E-state index is 6.13. The van der Waals surface area contributed by atoms with Crippen LogP contribution in [0.5, 0.6) is 0 Å². The van der Waals surface area contributed by atoms with E-state index >= 15 is 0 Å². The normalized spacial score (nSPS) is 17.7. The molecule has 2 aromatic rings. The Balaban J connectivity index is 1.57. The van der Waals surface area contributed by atoms with Crippen molar-refractivity contribution in [3.8, 4) is 0 Å². The largest absolute Gasteiger partial charge is 0.399 e. The van der Waals surface area contributed by atoms with Crippen LogP contribution in [0, 0.1) is 0 Å². The molecule has 3 heteroatoms. The molecule has 0 saturated carbocycles. The molecule has 4 rings (SSSR count). The molecule has 0 bridgehead atoms. The van der Waals surface area contributed by atoms with Crippen LogP contribution in [0.15, 0.2) is 42.5 Å². The van der Waals surface area contributed by atoms with Gasteiger partial charge in [0.25, 0.3) is 0 Å². The number of anilines is 3. The maximum Gasteiger partial charge on any atom is 0.0464 e. The number of nitrogens with two attached hydrogens (primary N) is 1. The van der Waals surface area contributed by atoms with Gasteiger partial charge in [-0.1, -0.05) is 30.7 Å². The molecule has 25 heavy (non-hydrogen) atoms. The summed E-state index contributed by atoms with van der Waals surface area (Å²) in [5, 5.41) is 0. The third-order valence-corrected chi connectivity index (χ3v) is 5.65. The molecular formula is C22H29N3. The molecular weight excluding hydrogens is 306 g/mol. The molecule has 2 aromatic carbocycles. The number of likely N-dealkylation sites (tertiary alicyclic amines) is 1. The van der Waals surface area contributed by atoms with E-state index in [-0.39, 0.29) is 0 Å². The first-order chi connectivity index (χ1) is 12.3. The minimum atomic E-state index is 0.860. The number of hydrogen-bond acceptors (Lipinski definition) is 3. The third kappa shape index (κ3) is 3.67. The molecule has 2 aliphatic heterocycles. The molecule has 2 aliphatic rings. The molecule has 0 amide bonds. The molecule has 1 saturated heterocycles. The van der Waals surface area contributed by atoms with E-state index in [0.717, 1.165) is 25.1 Å². The first kappa shape index (κ1) is 16.5. The number of nitrogen functional groups attached to an aromatic ring is 1. The van der Waals surface area contributed by atoms with Gasteiger partial charge < -0.3 is 15.5 Å². The SMILES string of the molecule is Nc1ccc2c(c1)N(CCCN1CCCCC1)c1ccccc1CC2. The van der Waals surface area contributed by atoms with Crippen molar-refractivity contribution in [1.29, 1.82) is 0 Å². The van der Waals surface area contributed by atoms with Crippen LogP contribution >= 0.6 is 0 Å². The minimum Gasteiger partial charge on any atom is -0.399 e. The predicted molar refractivity (Wildman–Crippen MR) is 107 cm³/mol. The van der Waals surface area contributed by atoms with Crippen LogP contribution in [0.3, 0.4) is 0 Å². The van der Waals surface area contributed by atoms with Crippen LogP contribution in [-0.2, 0) is 12.8 Å². The lowest BCUT2D eigenvalue weighted by Crippen LogP contribution is -2.32. The average molecular weight is 335 g/mol. The summed E-state index contributed by atoms with van der Waals surface area (Å²) < 4.78 is 0. The molecule has 2 heterocycles. The minimum absolute atomic E-state index is 0.860. The Labute approximate surface area is 151 Å². The zero-order valence-corrected chi connectivity index (χ0v) is 15.1. The molecule has 3 nitrogen and oxygen atoms in total.